The summed E-state index contributed by atoms with van der Waals surface area (Å²) in [6, 6.07) is 15.4. The molecule has 4 aromatic rings. The van der Waals surface area contributed by atoms with Gasteiger partial charge in [-0.1, -0.05) is 63.1 Å². The van der Waals surface area contributed by atoms with Crippen molar-refractivity contribution in [1.29, 1.82) is 0 Å². The molecule has 3 amide bonds. The first kappa shape index (κ1) is 43.7. The zero-order valence-corrected chi connectivity index (χ0v) is 35.7. The molecule has 0 radical (unpaired) electrons. The molecule has 2 aromatic heterocycles. The molecule has 0 bridgehead atoms. The first-order chi connectivity index (χ1) is 28.6. The van der Waals surface area contributed by atoms with Crippen LogP contribution in [0.25, 0.3) is 21.7 Å². The number of anilines is 2. The minimum Gasteiger partial charge on any atom is -0.507 e. The third kappa shape index (κ3) is 10.5. The normalized spacial score (nSPS) is 17.7. The Balaban J connectivity index is 0.974. The van der Waals surface area contributed by atoms with Crippen LogP contribution in [0.5, 0.6) is 5.75 Å². The Bertz CT molecular complexity index is 2250. The molecule has 14 nitrogen and oxygen atoms in total. The second-order valence-corrected chi connectivity index (χ2v) is 17.5. The van der Waals surface area contributed by atoms with Crippen LogP contribution in [-0.4, -0.2) is 104 Å². The smallest absolute Gasteiger partial charge is 0.243 e. The average molecular weight is 835 g/mol. The number of aryl methyl sites for hydroxylation is 1. The van der Waals surface area contributed by atoms with E-state index in [1.165, 1.54) is 4.90 Å². The van der Waals surface area contributed by atoms with Crippen LogP contribution in [0.2, 0.25) is 0 Å². The van der Waals surface area contributed by atoms with E-state index in [9.17, 15) is 29.4 Å². The zero-order valence-electron chi connectivity index (χ0n) is 34.9. The summed E-state index contributed by atoms with van der Waals surface area (Å²) < 4.78 is 0. The summed E-state index contributed by atoms with van der Waals surface area (Å²) in [5, 5.41) is 32.2. The lowest BCUT2D eigenvalue weighted by molar-refractivity contribution is -0.146. The summed E-state index contributed by atoms with van der Waals surface area (Å²) >= 11 is 1.57. The average Bonchev–Trinajstić information content (AvgIpc) is 3.84. The van der Waals surface area contributed by atoms with E-state index in [4.69, 9.17) is 5.73 Å². The van der Waals surface area contributed by atoms with Crippen LogP contribution >= 0.6 is 11.3 Å². The Hall–Kier alpha value is -5.85. The van der Waals surface area contributed by atoms with Gasteiger partial charge in [0.05, 0.1) is 45.5 Å². The van der Waals surface area contributed by atoms with E-state index < -0.39 is 29.3 Å². The summed E-state index contributed by atoms with van der Waals surface area (Å²) in [5.41, 5.74) is 12.0. The number of phenolic OH excluding ortho intramolecular Hbond substituents is 1. The molecule has 2 saturated heterocycles. The van der Waals surface area contributed by atoms with Gasteiger partial charge in [-0.25, -0.2) is 4.98 Å². The second kappa shape index (κ2) is 19.0. The standard InChI is InChI=1S/C45H54N8O6S/c1-28(30-15-17-31(18-16-30)41-29(2)47-27-60-41)48-43(58)38-24-33(55)26-53(38)44(59)35(45(3,4)5)23-32(54)11-7-6-8-14-40(57)52-21-19-51(20-22-52)37-25-36(49-50-42(37)46)34-12-9-10-13-39(34)56/h9-10,12-13,15-18,25,27-28,33,35,38,55-56H,6,8,14,19-24,26H2,1-5H3,(H2,46,50)(H,48,58)/t28-,33+,35+,38-/m1/s1. The minimum atomic E-state index is -0.880. The van der Waals surface area contributed by atoms with Crippen LogP contribution in [0.3, 0.4) is 0 Å². The number of aromatic nitrogens is 3. The summed E-state index contributed by atoms with van der Waals surface area (Å²) in [6.07, 6.45) is 0.194. The number of nitrogen functional groups attached to an aromatic ring is 1. The van der Waals surface area contributed by atoms with Crippen molar-refractivity contribution >= 4 is 46.3 Å². The predicted molar refractivity (Wildman–Crippen MR) is 232 cm³/mol. The van der Waals surface area contributed by atoms with Gasteiger partial charge in [0.2, 0.25) is 23.5 Å². The largest absolute Gasteiger partial charge is 0.507 e. The number of carbonyl (C=O) groups excluding carboxylic acids is 4. The molecular weight excluding hydrogens is 781 g/mol. The number of phenols is 1. The molecule has 2 aliphatic heterocycles. The molecule has 2 fully saturated rings. The van der Waals surface area contributed by atoms with Crippen LogP contribution < -0.4 is 16.0 Å². The topological polar surface area (TPSA) is 195 Å². The maximum atomic E-state index is 14.1. The number of nitrogens with zero attached hydrogens (tertiary/aromatic N) is 6. The fourth-order valence-electron chi connectivity index (χ4n) is 7.71. The molecule has 15 heteroatoms. The van der Waals surface area contributed by atoms with Crippen molar-refractivity contribution in [2.75, 3.05) is 43.4 Å². The van der Waals surface area contributed by atoms with Gasteiger partial charge in [-0.2, -0.15) is 0 Å². The number of hydrogen-bond donors (Lipinski definition) is 4. The minimum absolute atomic E-state index is 0.000690. The molecule has 60 heavy (non-hydrogen) atoms. The predicted octanol–water partition coefficient (Wildman–Crippen LogP) is 5.15. The Labute approximate surface area is 355 Å². The lowest BCUT2D eigenvalue weighted by atomic mass is 9.77. The van der Waals surface area contributed by atoms with Gasteiger partial charge in [-0.3, -0.25) is 19.2 Å². The van der Waals surface area contributed by atoms with Crippen LogP contribution in [0.4, 0.5) is 11.5 Å². The number of ketones is 1. The van der Waals surface area contributed by atoms with Crippen LogP contribution in [0, 0.1) is 30.1 Å². The maximum absolute atomic E-state index is 14.1. The highest BCUT2D eigenvalue weighted by Crippen LogP contribution is 2.35. The number of benzene rings is 2. The molecule has 316 valence electrons. The number of nitrogens with one attached hydrogen (secondary N) is 1. The Morgan fingerprint density at radius 3 is 2.42 bits per heavy atom. The fourth-order valence-corrected chi connectivity index (χ4v) is 8.52. The first-order valence-electron chi connectivity index (χ1n) is 20.4. The highest BCUT2D eigenvalue weighted by Gasteiger charge is 2.44. The van der Waals surface area contributed by atoms with Gasteiger partial charge < -0.3 is 36.0 Å². The summed E-state index contributed by atoms with van der Waals surface area (Å²) in [4.78, 5) is 64.6. The van der Waals surface area contributed by atoms with E-state index >= 15 is 0 Å². The lowest BCUT2D eigenvalue weighted by Crippen LogP contribution is -2.50. The quantitative estimate of drug-likeness (QED) is 0.0838. The van der Waals surface area contributed by atoms with Crippen molar-refractivity contribution in [3.8, 4) is 39.3 Å². The Kier molecular flexibility index (Phi) is 13.9. The van der Waals surface area contributed by atoms with Gasteiger partial charge in [0.15, 0.2) is 5.82 Å². The molecule has 6 rings (SSSR count). The number of para-hydroxylation sites is 1. The number of unbranched alkanes of at least 4 members (excludes halogenated alkanes) is 1. The van der Waals surface area contributed by atoms with Crippen molar-refractivity contribution in [2.45, 2.75) is 84.9 Å². The Morgan fingerprint density at radius 2 is 1.75 bits per heavy atom. The molecule has 5 N–H and O–H groups in total. The second-order valence-electron chi connectivity index (χ2n) is 16.6. The van der Waals surface area contributed by atoms with E-state index in [2.05, 4.69) is 37.2 Å². The zero-order chi connectivity index (χ0) is 43.1. The van der Waals surface area contributed by atoms with Gasteiger partial charge in [0.1, 0.15) is 11.8 Å². The van der Waals surface area contributed by atoms with Gasteiger partial charge in [-0.15, -0.1) is 21.5 Å². The first-order valence-corrected chi connectivity index (χ1v) is 21.2. The number of aliphatic hydroxyl groups is 1. The molecule has 0 aliphatic carbocycles. The van der Waals surface area contributed by atoms with Crippen molar-refractivity contribution in [2.24, 2.45) is 11.3 Å². The molecule has 2 aromatic carbocycles. The number of likely N-dealkylation sites (tertiary alicyclic amines) is 1. The number of hydrogen-bond acceptors (Lipinski definition) is 12. The number of aromatic hydroxyl groups is 1. The molecule has 4 atom stereocenters. The molecular formula is C45H54N8O6S. The van der Waals surface area contributed by atoms with E-state index in [-0.39, 0.29) is 61.1 Å². The number of Topliss-reactive ketones (excluding diaryl/α,β-unsaturated/α-hetero) is 1. The number of carbonyl (C=O) groups is 4. The van der Waals surface area contributed by atoms with Crippen LogP contribution in [0.15, 0.2) is 60.1 Å². The van der Waals surface area contributed by atoms with Gasteiger partial charge >= 0.3 is 0 Å². The van der Waals surface area contributed by atoms with Crippen molar-refractivity contribution in [3.05, 3.63) is 71.4 Å². The van der Waals surface area contributed by atoms with E-state index in [1.807, 2.05) is 70.5 Å². The molecule has 0 saturated carbocycles. The van der Waals surface area contributed by atoms with Crippen LogP contribution in [0.1, 0.15) is 77.1 Å². The van der Waals surface area contributed by atoms with E-state index in [0.717, 1.165) is 21.7 Å². The van der Waals surface area contributed by atoms with Gasteiger partial charge in [0, 0.05) is 64.0 Å². The summed E-state index contributed by atoms with van der Waals surface area (Å²) in [7, 11) is 0. The third-order valence-corrected chi connectivity index (χ3v) is 12.2. The number of β-amino-alcohol motifs (C(OH)–C–C–N with tert-alkyl or cyclic N) is 1. The third-order valence-electron chi connectivity index (χ3n) is 11.2. The van der Waals surface area contributed by atoms with Crippen molar-refractivity contribution in [3.63, 3.8) is 0 Å². The SMILES string of the molecule is Cc1ncsc1-c1ccc([C@@H](C)NC(=O)[C@H]2C[C@H](O)CN2C(=O)[C@H](CC(=O)C#CCCCC(=O)N2CCN(c3cc(-c4ccccc4O)nnc3N)CC2)C(C)(C)C)cc1. The molecule has 0 unspecified atom stereocenters. The fraction of sp³-hybridized carbons (Fsp3) is 0.444. The van der Waals surface area contributed by atoms with Crippen molar-refractivity contribution in [1.82, 2.24) is 30.3 Å². The number of aliphatic hydroxyl groups excluding tert-OH is 1. The summed E-state index contributed by atoms with van der Waals surface area (Å²) in [6.45, 7) is 11.6. The number of amides is 3. The van der Waals surface area contributed by atoms with Gasteiger partial charge in [-0.05, 0) is 60.9 Å². The molecule has 4 heterocycles. The van der Waals surface area contributed by atoms with Crippen LogP contribution in [-0.2, 0) is 19.2 Å². The van der Waals surface area contributed by atoms with Gasteiger partial charge in [0.25, 0.3) is 0 Å². The monoisotopic (exact) mass is 834 g/mol. The lowest BCUT2D eigenvalue weighted by Gasteiger charge is -2.36. The Morgan fingerprint density at radius 1 is 1.03 bits per heavy atom. The number of thiazole rings is 1. The molecule has 2 aliphatic rings. The highest BCUT2D eigenvalue weighted by atomic mass is 32.1. The van der Waals surface area contributed by atoms with Crippen molar-refractivity contribution < 1.29 is 29.4 Å². The number of rotatable bonds is 12. The number of nitrogens with two attached hydrogens (primary N) is 1. The maximum Gasteiger partial charge on any atom is 0.243 e. The molecule has 0 spiro atoms. The van der Waals surface area contributed by atoms with E-state index in [1.54, 1.807) is 40.5 Å². The summed E-state index contributed by atoms with van der Waals surface area (Å²) in [5.74, 6) is 4.05. The highest BCUT2D eigenvalue weighted by molar-refractivity contribution is 7.13. The van der Waals surface area contributed by atoms with E-state index in [0.29, 0.717) is 56.0 Å². The number of piperazine rings is 1.